The van der Waals surface area contributed by atoms with Crippen LogP contribution in [-0.2, 0) is 14.3 Å². The summed E-state index contributed by atoms with van der Waals surface area (Å²) in [6, 6.07) is -0.124. The van der Waals surface area contributed by atoms with Crippen LogP contribution in [0.1, 0.15) is 26.2 Å². The van der Waals surface area contributed by atoms with Crippen molar-refractivity contribution in [2.75, 3.05) is 20.7 Å². The molecule has 88 valence electrons. The molecule has 15 heavy (non-hydrogen) atoms. The molecular formula is C10H20N2O3. The zero-order chi connectivity index (χ0) is 11.8. The molecule has 0 aromatic carbocycles. The Balaban J connectivity index is 3.69. The van der Waals surface area contributed by atoms with Crippen molar-refractivity contribution in [3.63, 3.8) is 0 Å². The lowest BCUT2D eigenvalue weighted by molar-refractivity contribution is -0.141. The number of amides is 1. The topological polar surface area (TPSA) is 72.6 Å². The van der Waals surface area contributed by atoms with Gasteiger partial charge in [0.05, 0.1) is 7.11 Å². The summed E-state index contributed by atoms with van der Waals surface area (Å²) in [4.78, 5) is 23.8. The minimum Gasteiger partial charge on any atom is -0.469 e. The second kappa shape index (κ2) is 7.23. The lowest BCUT2D eigenvalue weighted by Gasteiger charge is -2.17. The summed E-state index contributed by atoms with van der Waals surface area (Å²) in [6.07, 6.45) is 1.30. The maximum Gasteiger partial charge on any atom is 0.305 e. The molecular weight excluding hydrogens is 196 g/mol. The van der Waals surface area contributed by atoms with E-state index in [1.165, 1.54) is 7.11 Å². The van der Waals surface area contributed by atoms with Crippen molar-refractivity contribution in [2.45, 2.75) is 32.2 Å². The Kier molecular flexibility index (Phi) is 6.70. The average Bonchev–Trinajstić information content (AvgIpc) is 2.16. The monoisotopic (exact) mass is 216 g/mol. The van der Waals surface area contributed by atoms with E-state index < -0.39 is 0 Å². The van der Waals surface area contributed by atoms with Gasteiger partial charge in [0, 0.05) is 32.5 Å². The number of carbonyl (C=O) groups is 2. The number of hydrogen-bond donors (Lipinski definition) is 1. The van der Waals surface area contributed by atoms with Crippen LogP contribution in [0.5, 0.6) is 0 Å². The molecule has 0 saturated heterocycles. The molecule has 0 aliphatic heterocycles. The van der Waals surface area contributed by atoms with E-state index in [4.69, 9.17) is 5.73 Å². The first kappa shape index (κ1) is 13.9. The first-order valence-electron chi connectivity index (χ1n) is 5.03. The first-order chi connectivity index (χ1) is 6.97. The number of rotatable bonds is 6. The molecule has 0 bridgehead atoms. The van der Waals surface area contributed by atoms with E-state index in [9.17, 15) is 9.59 Å². The van der Waals surface area contributed by atoms with Crippen LogP contribution in [0.15, 0.2) is 0 Å². The third-order valence-electron chi connectivity index (χ3n) is 2.02. The van der Waals surface area contributed by atoms with Gasteiger partial charge in [-0.1, -0.05) is 0 Å². The number of nitrogens with zero attached hydrogens (tertiary/aromatic N) is 1. The van der Waals surface area contributed by atoms with E-state index in [-0.39, 0.29) is 17.9 Å². The molecule has 0 aliphatic carbocycles. The van der Waals surface area contributed by atoms with Gasteiger partial charge in [0.25, 0.3) is 0 Å². The molecule has 0 aromatic heterocycles. The van der Waals surface area contributed by atoms with Crippen LogP contribution in [0.2, 0.25) is 0 Å². The molecule has 0 fully saturated rings. The summed E-state index contributed by atoms with van der Waals surface area (Å²) in [7, 11) is 3.06. The van der Waals surface area contributed by atoms with Crippen molar-refractivity contribution in [3.8, 4) is 0 Å². The van der Waals surface area contributed by atoms with Crippen molar-refractivity contribution in [1.29, 1.82) is 0 Å². The Labute approximate surface area is 90.6 Å². The molecule has 0 heterocycles. The summed E-state index contributed by atoms with van der Waals surface area (Å²) in [5.41, 5.74) is 5.51. The third-order valence-corrected chi connectivity index (χ3v) is 2.02. The highest BCUT2D eigenvalue weighted by molar-refractivity contribution is 5.76. The predicted molar refractivity (Wildman–Crippen MR) is 57.2 cm³/mol. The summed E-state index contributed by atoms with van der Waals surface area (Å²) in [5, 5.41) is 0. The predicted octanol–water partition coefficient (Wildman–Crippen LogP) is 0.135. The SMILES string of the molecule is COC(=O)CCCN(C)C(=O)CC(C)N. The van der Waals surface area contributed by atoms with Crippen LogP contribution in [0.3, 0.4) is 0 Å². The minimum atomic E-state index is -0.247. The van der Waals surface area contributed by atoms with E-state index in [1.54, 1.807) is 18.9 Å². The quantitative estimate of drug-likeness (QED) is 0.641. The molecule has 1 atom stereocenters. The highest BCUT2D eigenvalue weighted by Gasteiger charge is 2.11. The number of hydrogen-bond acceptors (Lipinski definition) is 4. The van der Waals surface area contributed by atoms with Crippen LogP contribution in [-0.4, -0.2) is 43.5 Å². The largest absolute Gasteiger partial charge is 0.469 e. The molecule has 1 amide bonds. The number of methoxy groups -OCH3 is 1. The number of esters is 1. The molecule has 0 saturated carbocycles. The van der Waals surface area contributed by atoms with Crippen LogP contribution < -0.4 is 5.73 Å². The molecule has 0 rings (SSSR count). The second-order valence-electron chi connectivity index (χ2n) is 3.68. The maximum absolute atomic E-state index is 11.4. The maximum atomic E-state index is 11.4. The van der Waals surface area contributed by atoms with E-state index in [2.05, 4.69) is 4.74 Å². The average molecular weight is 216 g/mol. The zero-order valence-electron chi connectivity index (χ0n) is 9.66. The van der Waals surface area contributed by atoms with Gasteiger partial charge in [0.15, 0.2) is 0 Å². The first-order valence-corrected chi connectivity index (χ1v) is 5.03. The van der Waals surface area contributed by atoms with E-state index in [0.717, 1.165) is 0 Å². The van der Waals surface area contributed by atoms with Crippen molar-refractivity contribution >= 4 is 11.9 Å². The van der Waals surface area contributed by atoms with Gasteiger partial charge in [-0.25, -0.2) is 0 Å². The molecule has 1 unspecified atom stereocenters. The number of ether oxygens (including phenoxy) is 1. The fraction of sp³-hybridized carbons (Fsp3) is 0.800. The second-order valence-corrected chi connectivity index (χ2v) is 3.68. The van der Waals surface area contributed by atoms with Crippen molar-refractivity contribution in [2.24, 2.45) is 5.73 Å². The smallest absolute Gasteiger partial charge is 0.305 e. The number of carbonyl (C=O) groups excluding carboxylic acids is 2. The van der Waals surface area contributed by atoms with Gasteiger partial charge in [-0.2, -0.15) is 0 Å². The van der Waals surface area contributed by atoms with Crippen LogP contribution >= 0.6 is 0 Å². The van der Waals surface area contributed by atoms with Gasteiger partial charge in [0.1, 0.15) is 0 Å². The van der Waals surface area contributed by atoms with Crippen LogP contribution in [0, 0.1) is 0 Å². The summed E-state index contributed by atoms with van der Waals surface area (Å²) < 4.78 is 4.49. The van der Waals surface area contributed by atoms with Gasteiger partial charge < -0.3 is 15.4 Å². The fourth-order valence-electron chi connectivity index (χ4n) is 1.12. The molecule has 0 aromatic rings. The van der Waals surface area contributed by atoms with E-state index in [0.29, 0.717) is 25.8 Å². The van der Waals surface area contributed by atoms with Crippen molar-refractivity contribution in [3.05, 3.63) is 0 Å². The molecule has 5 nitrogen and oxygen atoms in total. The standard InChI is InChI=1S/C10H20N2O3/c1-8(11)7-9(13)12(2)6-4-5-10(14)15-3/h8H,4-7,11H2,1-3H3. The Bertz CT molecular complexity index is 217. The lowest BCUT2D eigenvalue weighted by atomic mass is 10.2. The highest BCUT2D eigenvalue weighted by Crippen LogP contribution is 1.98. The van der Waals surface area contributed by atoms with Gasteiger partial charge >= 0.3 is 5.97 Å². The Morgan fingerprint density at radius 3 is 2.53 bits per heavy atom. The summed E-state index contributed by atoms with van der Waals surface area (Å²) >= 11 is 0. The molecule has 5 heteroatoms. The zero-order valence-corrected chi connectivity index (χ0v) is 9.66. The fourth-order valence-corrected chi connectivity index (χ4v) is 1.12. The summed E-state index contributed by atoms with van der Waals surface area (Å²) in [5.74, 6) is -0.238. The Hall–Kier alpha value is -1.10. The van der Waals surface area contributed by atoms with Gasteiger partial charge in [-0.3, -0.25) is 9.59 Å². The van der Waals surface area contributed by atoms with Gasteiger partial charge in [-0.05, 0) is 13.3 Å². The van der Waals surface area contributed by atoms with Gasteiger partial charge in [0.2, 0.25) is 5.91 Å². The van der Waals surface area contributed by atoms with E-state index in [1.807, 2.05) is 0 Å². The highest BCUT2D eigenvalue weighted by atomic mass is 16.5. The lowest BCUT2D eigenvalue weighted by Crippen LogP contribution is -2.32. The van der Waals surface area contributed by atoms with Crippen molar-refractivity contribution in [1.82, 2.24) is 4.90 Å². The Morgan fingerprint density at radius 2 is 2.07 bits per heavy atom. The van der Waals surface area contributed by atoms with Gasteiger partial charge in [-0.15, -0.1) is 0 Å². The summed E-state index contributed by atoms with van der Waals surface area (Å²) in [6.45, 7) is 2.35. The molecule has 0 aliphatic rings. The van der Waals surface area contributed by atoms with E-state index >= 15 is 0 Å². The molecule has 2 N–H and O–H groups in total. The van der Waals surface area contributed by atoms with Crippen LogP contribution in [0.25, 0.3) is 0 Å². The van der Waals surface area contributed by atoms with Crippen LogP contribution in [0.4, 0.5) is 0 Å². The minimum absolute atomic E-state index is 0.00914. The molecule has 0 radical (unpaired) electrons. The van der Waals surface area contributed by atoms with Crippen molar-refractivity contribution < 1.29 is 14.3 Å². The normalized spacial score (nSPS) is 12.0. The Morgan fingerprint density at radius 1 is 1.47 bits per heavy atom. The molecule has 0 spiro atoms. The number of nitrogens with two attached hydrogens (primary N) is 1. The third kappa shape index (κ3) is 6.90.